The van der Waals surface area contributed by atoms with Gasteiger partial charge in [0, 0.05) is 25.2 Å². The number of rotatable bonds is 5. The van der Waals surface area contributed by atoms with Crippen molar-refractivity contribution in [1.29, 1.82) is 0 Å². The van der Waals surface area contributed by atoms with Crippen LogP contribution in [0.4, 0.5) is 11.4 Å². The minimum atomic E-state index is -0.474. The molecule has 19 heavy (non-hydrogen) atoms. The molecular weight excluding hydrogens is 246 g/mol. The van der Waals surface area contributed by atoms with Crippen LogP contribution in [0.15, 0.2) is 29.8 Å². The molecule has 1 aromatic carbocycles. The molecule has 0 unspecified atom stereocenters. The molecule has 0 aliphatic rings. The van der Waals surface area contributed by atoms with Crippen LogP contribution < -0.4 is 10.6 Å². The van der Waals surface area contributed by atoms with Crippen LogP contribution in [0.3, 0.4) is 0 Å². The minimum absolute atomic E-state index is 0.0465. The Labute approximate surface area is 111 Å². The van der Waals surface area contributed by atoms with E-state index < -0.39 is 4.92 Å². The molecule has 0 spiro atoms. The zero-order valence-corrected chi connectivity index (χ0v) is 11.2. The molecule has 0 radical (unpaired) electrons. The number of amides is 1. The molecule has 0 saturated heterocycles. The zero-order chi connectivity index (χ0) is 14.4. The van der Waals surface area contributed by atoms with Gasteiger partial charge in [-0.25, -0.2) is 0 Å². The Morgan fingerprint density at radius 3 is 2.63 bits per heavy atom. The largest absolute Gasteiger partial charge is 0.376 e. The maximum absolute atomic E-state index is 11.5. The predicted molar refractivity (Wildman–Crippen MR) is 74.4 cm³/mol. The van der Waals surface area contributed by atoms with Gasteiger partial charge in [-0.3, -0.25) is 14.9 Å². The van der Waals surface area contributed by atoms with E-state index in [4.69, 9.17) is 0 Å². The standard InChI is InChI=1S/C13H17N3O3/c1-9(2)6-7-15-11-8-10(13(17)14-3)4-5-12(11)16(18)19/h4-6,8,15H,7H2,1-3H3,(H,14,17). The van der Waals surface area contributed by atoms with Crippen molar-refractivity contribution in [3.8, 4) is 0 Å². The highest BCUT2D eigenvalue weighted by Crippen LogP contribution is 2.25. The second kappa shape index (κ2) is 6.53. The molecule has 0 aliphatic carbocycles. The van der Waals surface area contributed by atoms with Gasteiger partial charge < -0.3 is 10.6 Å². The molecule has 1 aromatic rings. The van der Waals surface area contributed by atoms with E-state index >= 15 is 0 Å². The van der Waals surface area contributed by atoms with E-state index in [1.807, 2.05) is 19.9 Å². The molecule has 0 atom stereocenters. The maximum Gasteiger partial charge on any atom is 0.292 e. The van der Waals surface area contributed by atoms with E-state index in [9.17, 15) is 14.9 Å². The highest BCUT2D eigenvalue weighted by molar-refractivity contribution is 5.95. The van der Waals surface area contributed by atoms with Gasteiger partial charge in [0.15, 0.2) is 0 Å². The Morgan fingerprint density at radius 2 is 2.11 bits per heavy atom. The number of allylic oxidation sites excluding steroid dienone is 1. The molecule has 2 N–H and O–H groups in total. The first-order valence-corrected chi connectivity index (χ1v) is 5.83. The molecule has 1 amide bonds. The van der Waals surface area contributed by atoms with Gasteiger partial charge in [-0.05, 0) is 26.0 Å². The first-order chi connectivity index (χ1) is 8.95. The Kier molecular flexibility index (Phi) is 5.05. The molecule has 0 aliphatic heterocycles. The number of benzene rings is 1. The summed E-state index contributed by atoms with van der Waals surface area (Å²) in [4.78, 5) is 22.0. The predicted octanol–water partition coefficient (Wildman–Crippen LogP) is 2.33. The average molecular weight is 263 g/mol. The number of nitrogens with zero attached hydrogens (tertiary/aromatic N) is 1. The van der Waals surface area contributed by atoms with E-state index in [2.05, 4.69) is 10.6 Å². The minimum Gasteiger partial charge on any atom is -0.376 e. The van der Waals surface area contributed by atoms with Crippen molar-refractivity contribution in [2.24, 2.45) is 0 Å². The van der Waals surface area contributed by atoms with E-state index in [0.29, 0.717) is 17.8 Å². The Morgan fingerprint density at radius 1 is 1.42 bits per heavy atom. The lowest BCUT2D eigenvalue weighted by molar-refractivity contribution is -0.384. The Balaban J connectivity index is 3.05. The highest BCUT2D eigenvalue weighted by atomic mass is 16.6. The van der Waals surface area contributed by atoms with Crippen LogP contribution in [0, 0.1) is 10.1 Å². The monoisotopic (exact) mass is 263 g/mol. The number of hydrogen-bond donors (Lipinski definition) is 2. The number of nitro benzene ring substituents is 1. The lowest BCUT2D eigenvalue weighted by Crippen LogP contribution is -2.18. The summed E-state index contributed by atoms with van der Waals surface area (Å²) in [6.07, 6.45) is 1.91. The van der Waals surface area contributed by atoms with Crippen LogP contribution >= 0.6 is 0 Å². The van der Waals surface area contributed by atoms with Crippen LogP contribution in [0.25, 0.3) is 0 Å². The SMILES string of the molecule is CNC(=O)c1ccc([N+](=O)[O-])c(NCC=C(C)C)c1. The van der Waals surface area contributed by atoms with Crippen LogP contribution in [-0.4, -0.2) is 24.4 Å². The van der Waals surface area contributed by atoms with Crippen molar-refractivity contribution >= 4 is 17.3 Å². The molecule has 6 heteroatoms. The summed E-state index contributed by atoms with van der Waals surface area (Å²) in [5.74, 6) is -0.278. The van der Waals surface area contributed by atoms with E-state index in [1.54, 1.807) is 0 Å². The third-order valence-electron chi connectivity index (χ3n) is 2.49. The molecule has 0 saturated carbocycles. The van der Waals surface area contributed by atoms with Crippen molar-refractivity contribution in [3.63, 3.8) is 0 Å². The summed E-state index contributed by atoms with van der Waals surface area (Å²) in [7, 11) is 1.51. The number of anilines is 1. The van der Waals surface area contributed by atoms with Crippen molar-refractivity contribution in [2.75, 3.05) is 18.9 Å². The van der Waals surface area contributed by atoms with Gasteiger partial charge in [-0.2, -0.15) is 0 Å². The van der Waals surface area contributed by atoms with Crippen molar-refractivity contribution in [3.05, 3.63) is 45.5 Å². The van der Waals surface area contributed by atoms with Crippen LogP contribution in [-0.2, 0) is 0 Å². The molecule has 0 heterocycles. The van der Waals surface area contributed by atoms with Gasteiger partial charge in [0.25, 0.3) is 11.6 Å². The van der Waals surface area contributed by atoms with Gasteiger partial charge in [0.2, 0.25) is 0 Å². The summed E-state index contributed by atoms with van der Waals surface area (Å²) in [6, 6.07) is 4.24. The topological polar surface area (TPSA) is 84.3 Å². The summed E-state index contributed by atoms with van der Waals surface area (Å²) in [6.45, 7) is 4.36. The average Bonchev–Trinajstić information content (AvgIpc) is 2.37. The molecule has 102 valence electrons. The van der Waals surface area contributed by atoms with Crippen molar-refractivity contribution in [2.45, 2.75) is 13.8 Å². The van der Waals surface area contributed by atoms with Crippen molar-refractivity contribution < 1.29 is 9.72 Å². The second-order valence-electron chi connectivity index (χ2n) is 4.23. The van der Waals surface area contributed by atoms with E-state index in [1.165, 1.54) is 25.2 Å². The van der Waals surface area contributed by atoms with Gasteiger partial charge in [0.1, 0.15) is 5.69 Å². The molecule has 0 fully saturated rings. The third-order valence-corrected chi connectivity index (χ3v) is 2.49. The fraction of sp³-hybridized carbons (Fsp3) is 0.308. The number of nitro groups is 1. The molecular formula is C13H17N3O3. The molecule has 0 bridgehead atoms. The third kappa shape index (κ3) is 4.09. The summed E-state index contributed by atoms with van der Waals surface area (Å²) in [5.41, 5.74) is 1.78. The van der Waals surface area contributed by atoms with E-state index in [-0.39, 0.29) is 11.6 Å². The fourth-order valence-corrected chi connectivity index (χ4v) is 1.49. The lowest BCUT2D eigenvalue weighted by atomic mass is 10.1. The summed E-state index contributed by atoms with van der Waals surface area (Å²) >= 11 is 0. The van der Waals surface area contributed by atoms with Crippen LogP contribution in [0.5, 0.6) is 0 Å². The number of hydrogen-bond acceptors (Lipinski definition) is 4. The first kappa shape index (κ1) is 14.7. The summed E-state index contributed by atoms with van der Waals surface area (Å²) < 4.78 is 0. The van der Waals surface area contributed by atoms with Crippen LogP contribution in [0.1, 0.15) is 24.2 Å². The quantitative estimate of drug-likeness (QED) is 0.485. The first-order valence-electron chi connectivity index (χ1n) is 5.83. The van der Waals surface area contributed by atoms with Gasteiger partial charge >= 0.3 is 0 Å². The smallest absolute Gasteiger partial charge is 0.292 e. The van der Waals surface area contributed by atoms with Crippen molar-refractivity contribution in [1.82, 2.24) is 5.32 Å². The number of carbonyl (C=O) groups is 1. The summed E-state index contributed by atoms with van der Waals surface area (Å²) in [5, 5.41) is 16.3. The maximum atomic E-state index is 11.5. The zero-order valence-electron chi connectivity index (χ0n) is 11.2. The van der Waals surface area contributed by atoms with Crippen LogP contribution in [0.2, 0.25) is 0 Å². The Bertz CT molecular complexity index is 520. The molecule has 6 nitrogen and oxygen atoms in total. The molecule has 0 aromatic heterocycles. The second-order valence-corrected chi connectivity index (χ2v) is 4.23. The van der Waals surface area contributed by atoms with Gasteiger partial charge in [-0.15, -0.1) is 0 Å². The van der Waals surface area contributed by atoms with Gasteiger partial charge in [0.05, 0.1) is 4.92 Å². The lowest BCUT2D eigenvalue weighted by Gasteiger charge is -2.07. The molecule has 1 rings (SSSR count). The normalized spacial score (nSPS) is 9.63. The fourth-order valence-electron chi connectivity index (χ4n) is 1.49. The number of carbonyl (C=O) groups excluding carboxylic acids is 1. The number of nitrogens with one attached hydrogen (secondary N) is 2. The Hall–Kier alpha value is -2.37. The van der Waals surface area contributed by atoms with Gasteiger partial charge in [-0.1, -0.05) is 11.6 Å². The highest BCUT2D eigenvalue weighted by Gasteiger charge is 2.15. The van der Waals surface area contributed by atoms with E-state index in [0.717, 1.165) is 5.57 Å².